The molecule has 0 aromatic carbocycles. The highest BCUT2D eigenvalue weighted by atomic mass is 32.1. The van der Waals surface area contributed by atoms with Crippen molar-refractivity contribution in [3.05, 3.63) is 33.3 Å². The van der Waals surface area contributed by atoms with Gasteiger partial charge in [-0.3, -0.25) is 9.80 Å². The van der Waals surface area contributed by atoms with Crippen molar-refractivity contribution in [1.82, 2.24) is 15.6 Å². The normalized spacial score (nSPS) is 23.5. The van der Waals surface area contributed by atoms with Gasteiger partial charge < -0.3 is 10.6 Å². The lowest BCUT2D eigenvalue weighted by Crippen LogP contribution is -2.37. The van der Waals surface area contributed by atoms with Crippen molar-refractivity contribution in [2.45, 2.75) is 57.5 Å². The van der Waals surface area contributed by atoms with Gasteiger partial charge in [-0.25, -0.2) is 0 Å². The summed E-state index contributed by atoms with van der Waals surface area (Å²) in [5.41, 5.74) is 2.09. The van der Waals surface area contributed by atoms with Crippen molar-refractivity contribution < 1.29 is 4.79 Å². The quantitative estimate of drug-likeness (QED) is 0.589. The Morgan fingerprint density at radius 2 is 2.25 bits per heavy atom. The molecule has 2 saturated carbocycles. The number of hydrogen-bond acceptors (Lipinski definition) is 5. The van der Waals surface area contributed by atoms with Crippen molar-refractivity contribution in [3.8, 4) is 0 Å². The Hall–Kier alpha value is -1.66. The zero-order chi connectivity index (χ0) is 17.3. The van der Waals surface area contributed by atoms with Gasteiger partial charge in [-0.15, -0.1) is 11.3 Å². The van der Waals surface area contributed by atoms with Crippen molar-refractivity contribution in [3.63, 3.8) is 0 Å². The zero-order valence-electron chi connectivity index (χ0n) is 14.6. The summed E-state index contributed by atoms with van der Waals surface area (Å²) >= 11 is 1.58. The molecule has 2 aliphatic carbocycles. The fourth-order valence-corrected chi connectivity index (χ4v) is 4.16. The minimum atomic E-state index is -0.0512. The van der Waals surface area contributed by atoms with Crippen molar-refractivity contribution >= 4 is 24.0 Å². The zero-order valence-corrected chi connectivity index (χ0v) is 15.4. The number of amides is 1. The van der Waals surface area contributed by atoms with Crippen LogP contribution in [0.5, 0.6) is 0 Å². The van der Waals surface area contributed by atoms with E-state index in [-0.39, 0.29) is 5.91 Å². The van der Waals surface area contributed by atoms with Gasteiger partial charge in [-0.1, -0.05) is 6.42 Å². The van der Waals surface area contributed by atoms with Gasteiger partial charge >= 0.3 is 0 Å². The van der Waals surface area contributed by atoms with Crippen LogP contribution in [0.15, 0.2) is 23.1 Å². The van der Waals surface area contributed by atoms with Crippen LogP contribution in [-0.2, 0) is 0 Å². The molecule has 5 nitrogen and oxygen atoms in total. The molecule has 1 amide bonds. The van der Waals surface area contributed by atoms with E-state index >= 15 is 0 Å². The van der Waals surface area contributed by atoms with Crippen molar-refractivity contribution in [2.75, 3.05) is 7.05 Å². The molecule has 2 fully saturated rings. The van der Waals surface area contributed by atoms with Gasteiger partial charge in [0.15, 0.2) is 0 Å². The van der Waals surface area contributed by atoms with E-state index in [0.717, 1.165) is 16.6 Å². The number of carbonyl (C=O) groups excluding carboxylic acids is 1. The van der Waals surface area contributed by atoms with Crippen LogP contribution in [0.3, 0.4) is 0 Å². The van der Waals surface area contributed by atoms with Gasteiger partial charge in [0.2, 0.25) is 0 Å². The number of rotatable bonds is 7. The number of nitrogens with one attached hydrogen (secondary N) is 2. The molecule has 0 radical (unpaired) electrons. The molecule has 0 bridgehead atoms. The molecule has 2 atom stereocenters. The van der Waals surface area contributed by atoms with Crippen LogP contribution in [0, 0.1) is 6.92 Å². The smallest absolute Gasteiger partial charge is 0.265 e. The number of aryl methyl sites for hydroxylation is 1. The van der Waals surface area contributed by atoms with Crippen LogP contribution >= 0.6 is 11.3 Å². The number of thiophene rings is 1. The predicted molar refractivity (Wildman–Crippen MR) is 99.5 cm³/mol. The molecule has 1 aromatic rings. The molecule has 0 unspecified atom stereocenters. The summed E-state index contributed by atoms with van der Waals surface area (Å²) in [5.74, 6) is 0.529. The molecule has 0 saturated heterocycles. The third kappa shape index (κ3) is 3.87. The molecular weight excluding hydrogens is 320 g/mol. The first kappa shape index (κ1) is 17.2. The number of nitrogens with zero attached hydrogens (tertiary/aromatic N) is 2. The Morgan fingerprint density at radius 1 is 1.50 bits per heavy atom. The highest BCUT2D eigenvalue weighted by Crippen LogP contribution is 2.45. The lowest BCUT2D eigenvalue weighted by atomic mass is 9.93. The van der Waals surface area contributed by atoms with Gasteiger partial charge in [0.25, 0.3) is 5.91 Å². The Morgan fingerprint density at radius 3 is 2.88 bits per heavy atom. The summed E-state index contributed by atoms with van der Waals surface area (Å²) in [6.45, 7) is 7.41. The molecule has 0 aliphatic heterocycles. The lowest BCUT2D eigenvalue weighted by molar-refractivity contribution is 0.0969. The fraction of sp³-hybridized carbons (Fsp3) is 0.556. The van der Waals surface area contributed by atoms with E-state index in [1.165, 1.54) is 36.1 Å². The van der Waals surface area contributed by atoms with E-state index in [4.69, 9.17) is 0 Å². The van der Waals surface area contributed by atoms with Crippen LogP contribution in [0.4, 0.5) is 0 Å². The van der Waals surface area contributed by atoms with Crippen LogP contribution in [0.25, 0.3) is 0 Å². The maximum Gasteiger partial charge on any atom is 0.265 e. The minimum Gasteiger partial charge on any atom is -0.324 e. The van der Waals surface area contributed by atoms with E-state index in [2.05, 4.69) is 35.4 Å². The highest BCUT2D eigenvalue weighted by molar-refractivity contribution is 7.14. The Balaban J connectivity index is 1.60. The Bertz CT molecular complexity index is 662. The Labute approximate surface area is 147 Å². The molecule has 6 heteroatoms. The summed E-state index contributed by atoms with van der Waals surface area (Å²) < 4.78 is 0. The van der Waals surface area contributed by atoms with Crippen molar-refractivity contribution in [1.29, 1.82) is 0 Å². The first-order valence-electron chi connectivity index (χ1n) is 8.53. The molecule has 24 heavy (non-hydrogen) atoms. The van der Waals surface area contributed by atoms with E-state index < -0.39 is 0 Å². The summed E-state index contributed by atoms with van der Waals surface area (Å²) in [4.78, 5) is 14.5. The lowest BCUT2D eigenvalue weighted by Gasteiger charge is -2.26. The SMILES string of the molecule is C=NN(C)/C=C(\C)NC(=O)c1cc([C@H]2C[C@@H]2NC2CCC2)c(C)s1. The average molecular weight is 347 g/mol. The predicted octanol–water partition coefficient (Wildman–Crippen LogP) is 3.19. The van der Waals surface area contributed by atoms with E-state index in [1.54, 1.807) is 29.6 Å². The first-order valence-corrected chi connectivity index (χ1v) is 9.35. The van der Waals surface area contributed by atoms with E-state index in [0.29, 0.717) is 12.0 Å². The topological polar surface area (TPSA) is 56.7 Å². The van der Waals surface area contributed by atoms with Crippen LogP contribution in [0.1, 0.15) is 58.6 Å². The molecule has 130 valence electrons. The second kappa shape index (κ2) is 7.07. The minimum absolute atomic E-state index is 0.0512. The molecule has 3 rings (SSSR count). The van der Waals surface area contributed by atoms with E-state index in [9.17, 15) is 4.79 Å². The molecule has 1 heterocycles. The summed E-state index contributed by atoms with van der Waals surface area (Å²) in [6, 6.07) is 3.41. The van der Waals surface area contributed by atoms with Crippen LogP contribution in [0.2, 0.25) is 0 Å². The molecule has 2 N–H and O–H groups in total. The van der Waals surface area contributed by atoms with Crippen LogP contribution in [-0.4, -0.2) is 36.8 Å². The average Bonchev–Trinajstić information content (AvgIpc) is 3.15. The monoisotopic (exact) mass is 346 g/mol. The van der Waals surface area contributed by atoms with Gasteiger partial charge in [0.05, 0.1) is 4.88 Å². The second-order valence-corrected chi connectivity index (χ2v) is 8.10. The molecule has 1 aromatic heterocycles. The maximum absolute atomic E-state index is 12.4. The summed E-state index contributed by atoms with van der Waals surface area (Å²) in [5, 5.41) is 12.0. The number of hydrazone groups is 1. The fourth-order valence-electron chi connectivity index (χ4n) is 3.17. The maximum atomic E-state index is 12.4. The Kier molecular flexibility index (Phi) is 5.06. The third-order valence-electron chi connectivity index (χ3n) is 4.84. The summed E-state index contributed by atoms with van der Waals surface area (Å²) in [6.07, 6.45) is 6.94. The standard InChI is InChI=1S/C18H26N4OS/c1-11(10-22(4)19-3)20-18(23)17-9-14(12(2)24-17)15-8-16(15)21-13-6-5-7-13/h9-10,13,15-16,21H,3,5-8H2,1-2,4H3,(H,20,23)/b11-10+/t15-,16+/m1/s1. The van der Waals surface area contributed by atoms with Gasteiger partial charge in [-0.2, -0.15) is 5.10 Å². The molecule has 0 spiro atoms. The van der Waals surface area contributed by atoms with Crippen molar-refractivity contribution in [2.24, 2.45) is 5.10 Å². The molecular formula is C18H26N4OS. The number of hydrogen-bond donors (Lipinski definition) is 2. The van der Waals surface area contributed by atoms with Gasteiger partial charge in [-0.05, 0) is 44.7 Å². The van der Waals surface area contributed by atoms with E-state index in [1.807, 2.05) is 6.92 Å². The van der Waals surface area contributed by atoms with Gasteiger partial charge in [0, 0.05) is 48.5 Å². The summed E-state index contributed by atoms with van der Waals surface area (Å²) in [7, 11) is 1.78. The second-order valence-electron chi connectivity index (χ2n) is 6.85. The largest absolute Gasteiger partial charge is 0.324 e. The van der Waals surface area contributed by atoms with Crippen LogP contribution < -0.4 is 10.6 Å². The number of carbonyl (C=O) groups is 1. The highest BCUT2D eigenvalue weighted by Gasteiger charge is 2.41. The molecule has 2 aliphatic rings. The van der Waals surface area contributed by atoms with Gasteiger partial charge in [0.1, 0.15) is 0 Å². The first-order chi connectivity index (χ1) is 11.5. The third-order valence-corrected chi connectivity index (χ3v) is 5.90. The number of allylic oxidation sites excluding steroid dienone is 1.